The number of nitrogens with one attached hydrogen (secondary N) is 1. The van der Waals surface area contributed by atoms with E-state index < -0.39 is 0 Å². The van der Waals surface area contributed by atoms with Gasteiger partial charge in [-0.15, -0.1) is 0 Å². The van der Waals surface area contributed by atoms with Gasteiger partial charge in [0.2, 0.25) is 0 Å². The molecule has 1 fully saturated rings. The molecule has 1 atom stereocenters. The molecule has 6 heteroatoms. The predicted octanol–water partition coefficient (Wildman–Crippen LogP) is 2.93. The van der Waals surface area contributed by atoms with Crippen LogP contribution in [0.5, 0.6) is 0 Å². The van der Waals surface area contributed by atoms with Crippen LogP contribution in [-0.2, 0) is 12.8 Å². The molecule has 1 amide bonds. The number of thioether (sulfide) groups is 1. The lowest BCUT2D eigenvalue weighted by Crippen LogP contribution is -2.47. The molecule has 0 radical (unpaired) electrons. The Labute approximate surface area is 153 Å². The summed E-state index contributed by atoms with van der Waals surface area (Å²) >= 11 is 1.68. The quantitative estimate of drug-likeness (QED) is 0.807. The Morgan fingerprint density at radius 1 is 1.44 bits per heavy atom. The van der Waals surface area contributed by atoms with E-state index in [1.165, 1.54) is 0 Å². The molecule has 0 saturated carbocycles. The van der Waals surface area contributed by atoms with Gasteiger partial charge in [0, 0.05) is 43.3 Å². The minimum Gasteiger partial charge on any atom is -0.348 e. The molecule has 5 nitrogen and oxygen atoms in total. The Morgan fingerprint density at radius 3 is 3.08 bits per heavy atom. The van der Waals surface area contributed by atoms with Gasteiger partial charge in [-0.25, -0.2) is 4.98 Å². The second-order valence-corrected chi connectivity index (χ2v) is 7.46. The van der Waals surface area contributed by atoms with Crippen molar-refractivity contribution in [2.45, 2.75) is 36.7 Å². The smallest absolute Gasteiger partial charge is 0.251 e. The van der Waals surface area contributed by atoms with E-state index in [1.54, 1.807) is 18.0 Å². The summed E-state index contributed by atoms with van der Waals surface area (Å²) in [5.41, 5.74) is 1.88. The lowest BCUT2D eigenvalue weighted by Gasteiger charge is -2.32. The third kappa shape index (κ3) is 4.86. The van der Waals surface area contributed by atoms with Gasteiger partial charge in [-0.3, -0.25) is 4.79 Å². The van der Waals surface area contributed by atoms with E-state index >= 15 is 0 Å². The zero-order chi connectivity index (χ0) is 17.6. The summed E-state index contributed by atoms with van der Waals surface area (Å²) in [6, 6.07) is 8.16. The van der Waals surface area contributed by atoms with Gasteiger partial charge >= 0.3 is 0 Å². The zero-order valence-corrected chi connectivity index (χ0v) is 15.8. The molecule has 0 aliphatic carbocycles. The van der Waals surface area contributed by atoms with Crippen LogP contribution in [0.15, 0.2) is 41.8 Å². The Balaban J connectivity index is 1.58. The molecule has 1 aliphatic heterocycles. The monoisotopic (exact) mass is 358 g/mol. The summed E-state index contributed by atoms with van der Waals surface area (Å²) in [6.07, 6.45) is 5.96. The van der Waals surface area contributed by atoms with Crippen LogP contribution in [0.3, 0.4) is 0 Å². The summed E-state index contributed by atoms with van der Waals surface area (Å²) in [5.74, 6) is 0.839. The first-order valence-electron chi connectivity index (χ1n) is 8.88. The average molecular weight is 359 g/mol. The molecule has 0 bridgehead atoms. The number of amides is 1. The highest BCUT2D eigenvalue weighted by Crippen LogP contribution is 2.21. The minimum atomic E-state index is 0.0341. The highest BCUT2D eigenvalue weighted by molar-refractivity contribution is 7.98. The van der Waals surface area contributed by atoms with Crippen LogP contribution >= 0.6 is 11.8 Å². The molecule has 134 valence electrons. The number of hydrogen-bond acceptors (Lipinski definition) is 4. The summed E-state index contributed by atoms with van der Waals surface area (Å²) in [5, 5.41) is 4.18. The first-order chi connectivity index (χ1) is 12.2. The fraction of sp³-hybridized carbons (Fsp3) is 0.474. The number of carbonyl (C=O) groups is 1. The second-order valence-electron chi connectivity index (χ2n) is 6.52. The number of carbonyl (C=O) groups excluding carboxylic acids is 1. The van der Waals surface area contributed by atoms with Crippen molar-refractivity contribution in [2.24, 2.45) is 7.05 Å². The fourth-order valence-electron chi connectivity index (χ4n) is 3.17. The van der Waals surface area contributed by atoms with Crippen LogP contribution in [0.2, 0.25) is 0 Å². The molecule has 1 aromatic carbocycles. The molecule has 1 saturated heterocycles. The highest BCUT2D eigenvalue weighted by Gasteiger charge is 2.20. The third-order valence-electron chi connectivity index (χ3n) is 4.62. The first-order valence-corrected chi connectivity index (χ1v) is 9.86. The van der Waals surface area contributed by atoms with E-state index in [0.29, 0.717) is 0 Å². The van der Waals surface area contributed by atoms with Crippen molar-refractivity contribution in [1.29, 1.82) is 0 Å². The molecular formula is C19H26N4OS. The van der Waals surface area contributed by atoms with Gasteiger partial charge in [0.25, 0.3) is 5.91 Å². The fourth-order valence-corrected chi connectivity index (χ4v) is 4.05. The van der Waals surface area contributed by atoms with Gasteiger partial charge in [0.1, 0.15) is 0 Å². The van der Waals surface area contributed by atoms with Crippen molar-refractivity contribution in [1.82, 2.24) is 19.8 Å². The topological polar surface area (TPSA) is 50.2 Å². The van der Waals surface area contributed by atoms with Gasteiger partial charge < -0.3 is 14.8 Å². The second kappa shape index (κ2) is 8.54. The maximum Gasteiger partial charge on any atom is 0.251 e. The Morgan fingerprint density at radius 2 is 2.32 bits per heavy atom. The van der Waals surface area contributed by atoms with Crippen molar-refractivity contribution in [3.8, 4) is 0 Å². The predicted molar refractivity (Wildman–Crippen MR) is 102 cm³/mol. The average Bonchev–Trinajstić information content (AvgIpc) is 3.05. The minimum absolute atomic E-state index is 0.0341. The van der Waals surface area contributed by atoms with Crippen LogP contribution < -0.4 is 5.32 Å². The van der Waals surface area contributed by atoms with E-state index in [9.17, 15) is 4.79 Å². The molecular weight excluding hydrogens is 332 g/mol. The van der Waals surface area contributed by atoms with E-state index in [0.717, 1.165) is 54.5 Å². The summed E-state index contributed by atoms with van der Waals surface area (Å²) in [7, 11) is 1.99. The number of aryl methyl sites for hydroxylation is 1. The normalized spacial score (nSPS) is 18.2. The van der Waals surface area contributed by atoms with Gasteiger partial charge in [-0.2, -0.15) is 0 Å². The van der Waals surface area contributed by atoms with E-state index in [-0.39, 0.29) is 11.9 Å². The number of aromatic nitrogens is 2. The standard InChI is InChI=1S/C19H26N4OS/c1-3-23-10-5-8-17(13-23)21-18(24)16-7-4-6-15(12-16)14-25-19-20-9-11-22(19)2/h4,6-7,9,11-12,17H,3,5,8,10,13-14H2,1-2H3,(H,21,24)/t17-/m0/s1. The largest absolute Gasteiger partial charge is 0.348 e. The first kappa shape index (κ1) is 18.0. The number of nitrogens with zero attached hydrogens (tertiary/aromatic N) is 3. The van der Waals surface area contributed by atoms with Crippen molar-refractivity contribution in [3.63, 3.8) is 0 Å². The van der Waals surface area contributed by atoms with Crippen molar-refractivity contribution in [3.05, 3.63) is 47.8 Å². The van der Waals surface area contributed by atoms with Crippen molar-refractivity contribution in [2.75, 3.05) is 19.6 Å². The van der Waals surface area contributed by atoms with Crippen molar-refractivity contribution < 1.29 is 4.79 Å². The maximum atomic E-state index is 12.6. The SMILES string of the molecule is CCN1CCC[C@H](NC(=O)c2cccc(CSc3nccn3C)c2)C1. The number of piperidine rings is 1. The Hall–Kier alpha value is -1.79. The molecule has 2 heterocycles. The zero-order valence-electron chi connectivity index (χ0n) is 14.9. The van der Waals surface area contributed by atoms with Crippen LogP contribution in [0.25, 0.3) is 0 Å². The molecule has 0 spiro atoms. The van der Waals surface area contributed by atoms with E-state index in [4.69, 9.17) is 0 Å². The number of likely N-dealkylation sites (tertiary alicyclic amines) is 1. The molecule has 1 N–H and O–H groups in total. The lowest BCUT2D eigenvalue weighted by atomic mass is 10.0. The number of benzene rings is 1. The van der Waals surface area contributed by atoms with Gasteiger partial charge in [-0.05, 0) is 43.6 Å². The summed E-state index contributed by atoms with van der Waals surface area (Å²) < 4.78 is 2.00. The summed E-state index contributed by atoms with van der Waals surface area (Å²) in [4.78, 5) is 19.3. The lowest BCUT2D eigenvalue weighted by molar-refractivity contribution is 0.0905. The molecule has 1 aliphatic rings. The summed E-state index contributed by atoms with van der Waals surface area (Å²) in [6.45, 7) is 5.32. The molecule has 25 heavy (non-hydrogen) atoms. The number of likely N-dealkylation sites (N-methyl/N-ethyl adjacent to an activating group) is 1. The maximum absolute atomic E-state index is 12.6. The molecule has 3 rings (SSSR count). The number of imidazole rings is 1. The van der Waals surface area contributed by atoms with Crippen molar-refractivity contribution >= 4 is 17.7 Å². The van der Waals surface area contributed by atoms with Crippen LogP contribution in [0.4, 0.5) is 0 Å². The Kier molecular flexibility index (Phi) is 6.15. The Bertz CT molecular complexity index is 715. The number of hydrogen-bond donors (Lipinski definition) is 1. The highest BCUT2D eigenvalue weighted by atomic mass is 32.2. The van der Waals surface area contributed by atoms with Gasteiger partial charge in [0.15, 0.2) is 5.16 Å². The van der Waals surface area contributed by atoms with Crippen LogP contribution in [-0.4, -0.2) is 46.0 Å². The van der Waals surface area contributed by atoms with E-state index in [1.807, 2.05) is 36.0 Å². The molecule has 0 unspecified atom stereocenters. The molecule has 1 aromatic heterocycles. The van der Waals surface area contributed by atoms with Crippen LogP contribution in [0.1, 0.15) is 35.7 Å². The third-order valence-corrected chi connectivity index (χ3v) is 5.75. The van der Waals surface area contributed by atoms with Gasteiger partial charge in [0.05, 0.1) is 0 Å². The van der Waals surface area contributed by atoms with E-state index in [2.05, 4.69) is 28.2 Å². The number of rotatable bonds is 6. The van der Waals surface area contributed by atoms with Crippen LogP contribution in [0, 0.1) is 0 Å². The van der Waals surface area contributed by atoms with Gasteiger partial charge in [-0.1, -0.05) is 30.8 Å². The molecule has 2 aromatic rings.